The van der Waals surface area contributed by atoms with Crippen molar-refractivity contribution in [3.05, 3.63) is 34.9 Å². The molecule has 0 radical (unpaired) electrons. The lowest BCUT2D eigenvalue weighted by molar-refractivity contribution is -0.123. The molecule has 0 aromatic heterocycles. The van der Waals surface area contributed by atoms with Crippen LogP contribution in [0.5, 0.6) is 0 Å². The molecule has 1 unspecified atom stereocenters. The van der Waals surface area contributed by atoms with Gasteiger partial charge in [0.05, 0.1) is 11.5 Å². The van der Waals surface area contributed by atoms with Gasteiger partial charge < -0.3 is 10.4 Å². The number of amides is 1. The normalized spacial score (nSPS) is 17.8. The fourth-order valence-electron chi connectivity index (χ4n) is 2.27. The number of halogens is 1. The minimum atomic E-state index is -0.359. The standard InChI is InChI=1S/C15H20ClNO2/c1-2-13(18)7-10-17-14(19)15(8-9-15)11-3-5-12(16)6-4-11/h3-6,13,18H,2,7-10H2,1H3,(H,17,19). The molecule has 3 nitrogen and oxygen atoms in total. The van der Waals surface area contributed by atoms with Gasteiger partial charge >= 0.3 is 0 Å². The Morgan fingerprint density at radius 1 is 1.42 bits per heavy atom. The number of hydrogen-bond donors (Lipinski definition) is 2. The molecule has 1 amide bonds. The van der Waals surface area contributed by atoms with Gasteiger partial charge in [-0.1, -0.05) is 30.7 Å². The largest absolute Gasteiger partial charge is 0.393 e. The Labute approximate surface area is 119 Å². The first-order valence-electron chi connectivity index (χ1n) is 6.81. The van der Waals surface area contributed by atoms with Crippen LogP contribution in [0.25, 0.3) is 0 Å². The first-order chi connectivity index (χ1) is 9.08. The zero-order chi connectivity index (χ0) is 13.9. The van der Waals surface area contributed by atoms with Crippen LogP contribution in [-0.4, -0.2) is 23.7 Å². The molecule has 104 valence electrons. The first-order valence-corrected chi connectivity index (χ1v) is 7.18. The van der Waals surface area contributed by atoms with Gasteiger partial charge in [0.25, 0.3) is 0 Å². The van der Waals surface area contributed by atoms with Gasteiger partial charge in [0, 0.05) is 11.6 Å². The maximum atomic E-state index is 12.3. The molecule has 2 rings (SSSR count). The average molecular weight is 282 g/mol. The highest BCUT2D eigenvalue weighted by molar-refractivity contribution is 6.30. The van der Waals surface area contributed by atoms with Gasteiger partial charge in [0.1, 0.15) is 0 Å². The summed E-state index contributed by atoms with van der Waals surface area (Å²) in [6.45, 7) is 2.46. The second-order valence-corrected chi connectivity index (χ2v) is 5.63. The van der Waals surface area contributed by atoms with Gasteiger partial charge in [0.15, 0.2) is 0 Å². The molecule has 1 aliphatic rings. The topological polar surface area (TPSA) is 49.3 Å². The van der Waals surface area contributed by atoms with E-state index in [2.05, 4.69) is 5.32 Å². The molecule has 0 bridgehead atoms. The van der Waals surface area contributed by atoms with Gasteiger partial charge in [0.2, 0.25) is 5.91 Å². The molecule has 19 heavy (non-hydrogen) atoms. The summed E-state index contributed by atoms with van der Waals surface area (Å²) in [5.41, 5.74) is 0.673. The Morgan fingerprint density at radius 3 is 2.58 bits per heavy atom. The number of benzene rings is 1. The minimum Gasteiger partial charge on any atom is -0.393 e. The SMILES string of the molecule is CCC(O)CCNC(=O)C1(c2ccc(Cl)cc2)CC1. The summed E-state index contributed by atoms with van der Waals surface area (Å²) in [6.07, 6.45) is 2.77. The van der Waals surface area contributed by atoms with Crippen molar-refractivity contribution < 1.29 is 9.90 Å². The van der Waals surface area contributed by atoms with Crippen LogP contribution in [0.4, 0.5) is 0 Å². The monoisotopic (exact) mass is 281 g/mol. The zero-order valence-corrected chi connectivity index (χ0v) is 11.9. The van der Waals surface area contributed by atoms with Crippen LogP contribution in [0.15, 0.2) is 24.3 Å². The van der Waals surface area contributed by atoms with Gasteiger partial charge in [-0.25, -0.2) is 0 Å². The number of aliphatic hydroxyl groups is 1. The number of hydrogen-bond acceptors (Lipinski definition) is 2. The van der Waals surface area contributed by atoms with Crippen LogP contribution in [0.3, 0.4) is 0 Å². The molecule has 0 spiro atoms. The average Bonchev–Trinajstić information content (AvgIpc) is 3.20. The Morgan fingerprint density at radius 2 is 2.05 bits per heavy atom. The molecule has 0 heterocycles. The molecular formula is C15H20ClNO2. The van der Waals surface area contributed by atoms with Crippen LogP contribution in [0.2, 0.25) is 5.02 Å². The lowest BCUT2D eigenvalue weighted by Crippen LogP contribution is -2.36. The third-order valence-electron chi connectivity index (χ3n) is 3.82. The number of carbonyl (C=O) groups is 1. The third-order valence-corrected chi connectivity index (χ3v) is 4.07. The van der Waals surface area contributed by atoms with Crippen molar-refractivity contribution in [2.45, 2.75) is 44.1 Å². The van der Waals surface area contributed by atoms with E-state index in [1.807, 2.05) is 31.2 Å². The van der Waals surface area contributed by atoms with Crippen molar-refractivity contribution in [1.82, 2.24) is 5.32 Å². The summed E-state index contributed by atoms with van der Waals surface area (Å²) in [4.78, 5) is 12.3. The van der Waals surface area contributed by atoms with Crippen LogP contribution >= 0.6 is 11.6 Å². The molecule has 1 aliphatic carbocycles. The van der Waals surface area contributed by atoms with E-state index >= 15 is 0 Å². The molecule has 4 heteroatoms. The van der Waals surface area contributed by atoms with Crippen LogP contribution < -0.4 is 5.32 Å². The van der Waals surface area contributed by atoms with Gasteiger partial charge in [-0.2, -0.15) is 0 Å². The maximum Gasteiger partial charge on any atom is 0.230 e. The lowest BCUT2D eigenvalue weighted by Gasteiger charge is -2.16. The molecule has 2 N–H and O–H groups in total. The first kappa shape index (κ1) is 14.4. The highest BCUT2D eigenvalue weighted by Crippen LogP contribution is 2.48. The van der Waals surface area contributed by atoms with E-state index in [0.29, 0.717) is 18.0 Å². The molecule has 0 aliphatic heterocycles. The van der Waals surface area contributed by atoms with Crippen LogP contribution in [0.1, 0.15) is 38.2 Å². The third kappa shape index (κ3) is 3.28. The molecular weight excluding hydrogens is 262 g/mol. The Balaban J connectivity index is 1.93. The molecule has 1 atom stereocenters. The lowest BCUT2D eigenvalue weighted by atomic mass is 9.95. The number of nitrogens with one attached hydrogen (secondary N) is 1. The minimum absolute atomic E-state index is 0.0677. The number of aliphatic hydroxyl groups excluding tert-OH is 1. The predicted octanol–water partition coefficient (Wildman–Crippen LogP) is 2.65. The highest BCUT2D eigenvalue weighted by Gasteiger charge is 2.50. The molecule has 1 aromatic carbocycles. The molecule has 1 fully saturated rings. The maximum absolute atomic E-state index is 12.3. The highest BCUT2D eigenvalue weighted by atomic mass is 35.5. The van der Waals surface area contributed by atoms with Crippen molar-refractivity contribution in [2.24, 2.45) is 0 Å². The smallest absolute Gasteiger partial charge is 0.230 e. The van der Waals surface area contributed by atoms with Crippen LogP contribution in [-0.2, 0) is 10.2 Å². The van der Waals surface area contributed by atoms with Crippen molar-refractivity contribution in [3.63, 3.8) is 0 Å². The van der Waals surface area contributed by atoms with Gasteiger partial charge in [-0.3, -0.25) is 4.79 Å². The molecule has 1 aromatic rings. The molecule has 0 saturated heterocycles. The van der Waals surface area contributed by atoms with E-state index < -0.39 is 0 Å². The van der Waals surface area contributed by atoms with Crippen molar-refractivity contribution in [3.8, 4) is 0 Å². The van der Waals surface area contributed by atoms with Gasteiger partial charge in [-0.05, 0) is 43.4 Å². The predicted molar refractivity (Wildman–Crippen MR) is 76.3 cm³/mol. The van der Waals surface area contributed by atoms with Crippen molar-refractivity contribution in [2.75, 3.05) is 6.54 Å². The molecule has 1 saturated carbocycles. The van der Waals surface area contributed by atoms with E-state index in [1.54, 1.807) is 0 Å². The second-order valence-electron chi connectivity index (χ2n) is 5.20. The summed E-state index contributed by atoms with van der Waals surface area (Å²) in [7, 11) is 0. The number of rotatable bonds is 6. The Kier molecular flexibility index (Phi) is 4.48. The summed E-state index contributed by atoms with van der Waals surface area (Å²) in [6, 6.07) is 7.50. The quantitative estimate of drug-likeness (QED) is 0.842. The Hall–Kier alpha value is -1.06. The summed E-state index contributed by atoms with van der Waals surface area (Å²) < 4.78 is 0. The van der Waals surface area contributed by atoms with E-state index in [-0.39, 0.29) is 17.4 Å². The number of carbonyl (C=O) groups excluding carboxylic acids is 1. The van der Waals surface area contributed by atoms with Crippen LogP contribution in [0, 0.1) is 0 Å². The fraction of sp³-hybridized carbons (Fsp3) is 0.533. The van der Waals surface area contributed by atoms with Crippen molar-refractivity contribution >= 4 is 17.5 Å². The second kappa shape index (κ2) is 5.93. The summed E-state index contributed by atoms with van der Waals surface area (Å²) >= 11 is 5.87. The fourth-order valence-corrected chi connectivity index (χ4v) is 2.39. The summed E-state index contributed by atoms with van der Waals surface area (Å²) in [5.74, 6) is 0.0677. The van der Waals surface area contributed by atoms with Gasteiger partial charge in [-0.15, -0.1) is 0 Å². The van der Waals surface area contributed by atoms with E-state index in [0.717, 1.165) is 24.8 Å². The van der Waals surface area contributed by atoms with Crippen molar-refractivity contribution in [1.29, 1.82) is 0 Å². The Bertz CT molecular complexity index is 440. The summed E-state index contributed by atoms with van der Waals surface area (Å²) in [5, 5.41) is 13.1. The van der Waals surface area contributed by atoms with E-state index in [4.69, 9.17) is 11.6 Å². The van der Waals surface area contributed by atoms with E-state index in [9.17, 15) is 9.90 Å². The van der Waals surface area contributed by atoms with E-state index in [1.165, 1.54) is 0 Å². The zero-order valence-electron chi connectivity index (χ0n) is 11.2.